The molecule has 0 rings (SSSR count). The third-order valence-electron chi connectivity index (χ3n) is 11.0. The van der Waals surface area contributed by atoms with Crippen LogP contribution in [0.2, 0.25) is 0 Å². The Kier molecular flexibility index (Phi) is 32.5. The Labute approximate surface area is 288 Å². The second-order valence-electron chi connectivity index (χ2n) is 16.5. The van der Waals surface area contributed by atoms with Crippen molar-refractivity contribution in [2.75, 3.05) is 6.54 Å². The van der Waals surface area contributed by atoms with Crippen molar-refractivity contribution in [2.45, 2.75) is 278 Å². The quantitative estimate of drug-likeness (QED) is 0.0615. The van der Waals surface area contributed by atoms with E-state index in [1.807, 2.05) is 0 Å². The fourth-order valence-corrected chi connectivity index (χ4v) is 7.90. The van der Waals surface area contributed by atoms with Gasteiger partial charge in [-0.25, -0.2) is 0 Å². The van der Waals surface area contributed by atoms with Gasteiger partial charge in [-0.1, -0.05) is 220 Å². The minimum atomic E-state index is 0.306. The molecule has 0 aromatic carbocycles. The summed E-state index contributed by atoms with van der Waals surface area (Å²) in [7, 11) is 0. The van der Waals surface area contributed by atoms with Crippen molar-refractivity contribution >= 4 is 0 Å². The van der Waals surface area contributed by atoms with Crippen LogP contribution in [0.5, 0.6) is 0 Å². The van der Waals surface area contributed by atoms with Gasteiger partial charge in [-0.3, -0.25) is 4.90 Å². The minimum Gasteiger partial charge on any atom is -0.293 e. The molecule has 272 valence electrons. The van der Waals surface area contributed by atoms with Gasteiger partial charge in [0.25, 0.3) is 0 Å². The van der Waals surface area contributed by atoms with Gasteiger partial charge in [-0.05, 0) is 53.5 Å². The van der Waals surface area contributed by atoms with Crippen molar-refractivity contribution in [1.82, 2.24) is 4.90 Å². The molecule has 0 unspecified atom stereocenters. The summed E-state index contributed by atoms with van der Waals surface area (Å²) in [6.45, 7) is 18.6. The Balaban J connectivity index is 4.49. The Morgan fingerprint density at radius 1 is 0.267 bits per heavy atom. The number of unbranched alkanes of at least 4 members (excludes halogenated alkanes) is 29. The lowest BCUT2D eigenvalue weighted by molar-refractivity contribution is 0.00151. The van der Waals surface area contributed by atoms with E-state index in [-0.39, 0.29) is 0 Å². The second kappa shape index (κ2) is 32.5. The monoisotopic (exact) mass is 634 g/mol. The SMILES string of the molecule is CCCCCCCCCCCCCCC(C)(C)N(CCCCCCCCCC)C(C)(C)CCCCCCCCCCCCCC. The largest absolute Gasteiger partial charge is 0.293 e. The van der Waals surface area contributed by atoms with Crippen molar-refractivity contribution < 1.29 is 0 Å². The van der Waals surface area contributed by atoms with Crippen LogP contribution in [0.3, 0.4) is 0 Å². The third kappa shape index (κ3) is 28.7. The topological polar surface area (TPSA) is 3.24 Å². The van der Waals surface area contributed by atoms with Crippen molar-refractivity contribution in [3.05, 3.63) is 0 Å². The molecule has 0 atom stereocenters. The summed E-state index contributed by atoms with van der Waals surface area (Å²) < 4.78 is 0. The molecule has 0 heterocycles. The van der Waals surface area contributed by atoms with Gasteiger partial charge in [0.1, 0.15) is 0 Å². The van der Waals surface area contributed by atoms with Crippen LogP contribution in [0.15, 0.2) is 0 Å². The Bertz CT molecular complexity index is 523. The van der Waals surface area contributed by atoms with Crippen LogP contribution in [0, 0.1) is 0 Å². The maximum absolute atomic E-state index is 2.98. The van der Waals surface area contributed by atoms with Crippen LogP contribution in [-0.4, -0.2) is 22.5 Å². The summed E-state index contributed by atoms with van der Waals surface area (Å²) in [4.78, 5) is 2.98. The van der Waals surface area contributed by atoms with Gasteiger partial charge in [0.15, 0.2) is 0 Å². The highest BCUT2D eigenvalue weighted by Crippen LogP contribution is 2.34. The molecule has 0 spiro atoms. The van der Waals surface area contributed by atoms with E-state index in [1.165, 1.54) is 225 Å². The lowest BCUT2D eigenvalue weighted by Gasteiger charge is -2.49. The molecule has 0 fully saturated rings. The molecule has 0 aromatic rings. The lowest BCUT2D eigenvalue weighted by Crippen LogP contribution is -2.55. The Hall–Kier alpha value is -0.0400. The first-order valence-corrected chi connectivity index (χ1v) is 21.6. The zero-order valence-electron chi connectivity index (χ0n) is 33.2. The van der Waals surface area contributed by atoms with Crippen LogP contribution in [0.25, 0.3) is 0 Å². The van der Waals surface area contributed by atoms with Gasteiger partial charge < -0.3 is 0 Å². The van der Waals surface area contributed by atoms with Gasteiger partial charge in [0, 0.05) is 11.1 Å². The molecular formula is C44H91N. The molecular weight excluding hydrogens is 542 g/mol. The van der Waals surface area contributed by atoms with Gasteiger partial charge in [-0.15, -0.1) is 0 Å². The average Bonchev–Trinajstić information content (AvgIpc) is 3.01. The molecule has 0 N–H and O–H groups in total. The molecule has 0 aromatic heterocycles. The molecule has 0 aliphatic carbocycles. The van der Waals surface area contributed by atoms with Gasteiger partial charge in [0.05, 0.1) is 0 Å². The number of nitrogens with zero attached hydrogens (tertiary/aromatic N) is 1. The van der Waals surface area contributed by atoms with Crippen LogP contribution < -0.4 is 0 Å². The highest BCUT2D eigenvalue weighted by molar-refractivity contribution is 4.92. The highest BCUT2D eigenvalue weighted by Gasteiger charge is 2.36. The lowest BCUT2D eigenvalue weighted by atomic mass is 9.85. The van der Waals surface area contributed by atoms with Crippen molar-refractivity contribution in [3.63, 3.8) is 0 Å². The van der Waals surface area contributed by atoms with E-state index in [0.29, 0.717) is 11.1 Å². The van der Waals surface area contributed by atoms with Crippen LogP contribution >= 0.6 is 0 Å². The first-order valence-electron chi connectivity index (χ1n) is 21.6. The van der Waals surface area contributed by atoms with Crippen molar-refractivity contribution in [1.29, 1.82) is 0 Å². The first kappa shape index (κ1) is 45.0. The molecule has 0 aliphatic rings. The van der Waals surface area contributed by atoms with Crippen molar-refractivity contribution in [3.8, 4) is 0 Å². The predicted octanol–water partition coefficient (Wildman–Crippen LogP) is 16.2. The van der Waals surface area contributed by atoms with Gasteiger partial charge >= 0.3 is 0 Å². The predicted molar refractivity (Wildman–Crippen MR) is 209 cm³/mol. The van der Waals surface area contributed by atoms with Gasteiger partial charge in [-0.2, -0.15) is 0 Å². The first-order chi connectivity index (χ1) is 21.8. The molecule has 45 heavy (non-hydrogen) atoms. The van der Waals surface area contributed by atoms with Crippen LogP contribution in [0.1, 0.15) is 267 Å². The summed E-state index contributed by atoms with van der Waals surface area (Å²) >= 11 is 0. The maximum atomic E-state index is 2.98. The molecule has 0 bridgehead atoms. The summed E-state index contributed by atoms with van der Waals surface area (Å²) in [6.07, 6.45) is 48.8. The molecule has 0 radical (unpaired) electrons. The summed E-state index contributed by atoms with van der Waals surface area (Å²) in [6, 6.07) is 0. The number of hydrogen-bond acceptors (Lipinski definition) is 1. The van der Waals surface area contributed by atoms with E-state index in [9.17, 15) is 0 Å². The van der Waals surface area contributed by atoms with E-state index in [1.54, 1.807) is 0 Å². The van der Waals surface area contributed by atoms with Crippen LogP contribution in [-0.2, 0) is 0 Å². The standard InChI is InChI=1S/C44H91N/c1-8-11-14-17-20-23-25-27-29-31-34-37-40-43(4,5)45(42-39-36-33-22-19-16-13-10-3)44(6,7)41-38-35-32-30-28-26-24-21-18-15-12-9-2/h8-42H2,1-7H3. The normalized spacial score (nSPS) is 12.5. The fourth-order valence-electron chi connectivity index (χ4n) is 7.90. The van der Waals surface area contributed by atoms with E-state index < -0.39 is 0 Å². The molecule has 1 nitrogen and oxygen atoms in total. The second-order valence-corrected chi connectivity index (χ2v) is 16.5. The van der Waals surface area contributed by atoms with E-state index in [0.717, 1.165) is 0 Å². The highest BCUT2D eigenvalue weighted by atomic mass is 15.2. The number of rotatable bonds is 37. The average molecular weight is 634 g/mol. The van der Waals surface area contributed by atoms with E-state index >= 15 is 0 Å². The van der Waals surface area contributed by atoms with Crippen molar-refractivity contribution in [2.24, 2.45) is 0 Å². The maximum Gasteiger partial charge on any atom is 0.0158 e. The molecule has 0 aliphatic heterocycles. The zero-order chi connectivity index (χ0) is 33.3. The molecule has 0 saturated heterocycles. The molecule has 0 amide bonds. The van der Waals surface area contributed by atoms with E-state index in [4.69, 9.17) is 0 Å². The summed E-state index contributed by atoms with van der Waals surface area (Å²) in [5, 5.41) is 0. The Morgan fingerprint density at radius 3 is 0.711 bits per heavy atom. The minimum absolute atomic E-state index is 0.306. The smallest absolute Gasteiger partial charge is 0.0158 e. The van der Waals surface area contributed by atoms with Crippen LogP contribution in [0.4, 0.5) is 0 Å². The van der Waals surface area contributed by atoms with E-state index in [2.05, 4.69) is 53.4 Å². The third-order valence-corrected chi connectivity index (χ3v) is 11.0. The molecule has 0 saturated carbocycles. The summed E-state index contributed by atoms with van der Waals surface area (Å²) in [5.41, 5.74) is 0.612. The summed E-state index contributed by atoms with van der Waals surface area (Å²) in [5.74, 6) is 0. The molecule has 1 heteroatoms. The Morgan fingerprint density at radius 2 is 0.467 bits per heavy atom. The zero-order valence-corrected chi connectivity index (χ0v) is 33.2. The fraction of sp³-hybridized carbons (Fsp3) is 1.00. The van der Waals surface area contributed by atoms with Gasteiger partial charge in [0.2, 0.25) is 0 Å². The number of hydrogen-bond donors (Lipinski definition) is 0.